The molecular weight excluding hydrogens is 202 g/mol. The highest BCUT2D eigenvalue weighted by molar-refractivity contribution is 5.20. The molecule has 0 bridgehead atoms. The minimum Gasteiger partial charge on any atom is -0.491 e. The quantitative estimate of drug-likeness (QED) is 0.721. The van der Waals surface area contributed by atoms with Crippen molar-refractivity contribution in [2.24, 2.45) is 5.73 Å². The van der Waals surface area contributed by atoms with Crippen LogP contribution < -0.4 is 10.5 Å². The Morgan fingerprint density at radius 3 is 2.50 bits per heavy atom. The molecule has 2 unspecified atom stereocenters. The van der Waals surface area contributed by atoms with E-state index in [4.69, 9.17) is 15.2 Å². The number of nitrogens with two attached hydrogens (primary N) is 1. The molecule has 1 aromatic carbocycles. The van der Waals surface area contributed by atoms with Gasteiger partial charge in [0.25, 0.3) is 0 Å². The van der Waals surface area contributed by atoms with Crippen LogP contribution in [0.25, 0.3) is 0 Å². The Labute approximate surface area is 97.6 Å². The van der Waals surface area contributed by atoms with Crippen molar-refractivity contribution >= 4 is 0 Å². The van der Waals surface area contributed by atoms with Gasteiger partial charge in [0, 0.05) is 6.04 Å². The Hall–Kier alpha value is -1.06. The van der Waals surface area contributed by atoms with Gasteiger partial charge < -0.3 is 15.2 Å². The largest absolute Gasteiger partial charge is 0.491 e. The van der Waals surface area contributed by atoms with Crippen molar-refractivity contribution in [1.29, 1.82) is 0 Å². The fraction of sp³-hybridized carbons (Fsp3) is 0.538. The van der Waals surface area contributed by atoms with Gasteiger partial charge in [-0.2, -0.15) is 0 Å². The second-order valence-corrected chi connectivity index (χ2v) is 3.81. The lowest BCUT2D eigenvalue weighted by atomic mass is 10.1. The summed E-state index contributed by atoms with van der Waals surface area (Å²) in [6.45, 7) is 5.19. The Balaban J connectivity index is 2.13. The van der Waals surface area contributed by atoms with Crippen molar-refractivity contribution in [1.82, 2.24) is 0 Å². The highest BCUT2D eigenvalue weighted by Crippen LogP contribution is 2.08. The lowest BCUT2D eigenvalue weighted by Gasteiger charge is -2.18. The molecule has 2 N–H and O–H groups in total. The first-order valence-corrected chi connectivity index (χ1v) is 5.79. The molecule has 0 aliphatic rings. The van der Waals surface area contributed by atoms with E-state index in [1.165, 1.54) is 0 Å². The molecule has 0 fully saturated rings. The summed E-state index contributed by atoms with van der Waals surface area (Å²) in [7, 11) is 0. The lowest BCUT2D eigenvalue weighted by Crippen LogP contribution is -2.34. The van der Waals surface area contributed by atoms with Crippen LogP contribution in [0.4, 0.5) is 0 Å². The highest BCUT2D eigenvalue weighted by atomic mass is 16.5. The average Bonchev–Trinajstić information content (AvgIpc) is 2.34. The Bertz CT molecular complexity index is 277. The lowest BCUT2D eigenvalue weighted by molar-refractivity contribution is 0.0292. The molecule has 0 saturated heterocycles. The van der Waals surface area contributed by atoms with Crippen LogP contribution in [-0.2, 0) is 4.74 Å². The zero-order valence-electron chi connectivity index (χ0n) is 10.1. The summed E-state index contributed by atoms with van der Waals surface area (Å²) in [5, 5.41) is 0. The van der Waals surface area contributed by atoms with Crippen molar-refractivity contribution in [3.8, 4) is 5.75 Å². The van der Waals surface area contributed by atoms with Crippen LogP contribution in [0.5, 0.6) is 5.75 Å². The van der Waals surface area contributed by atoms with Gasteiger partial charge in [-0.25, -0.2) is 0 Å². The summed E-state index contributed by atoms with van der Waals surface area (Å²) in [5.41, 5.74) is 5.84. The van der Waals surface area contributed by atoms with Crippen molar-refractivity contribution in [2.75, 3.05) is 13.2 Å². The zero-order valence-corrected chi connectivity index (χ0v) is 10.1. The van der Waals surface area contributed by atoms with Gasteiger partial charge in [0.15, 0.2) is 0 Å². The predicted molar refractivity (Wildman–Crippen MR) is 65.6 cm³/mol. The molecule has 0 amide bonds. The van der Waals surface area contributed by atoms with Crippen LogP contribution in [0.1, 0.15) is 20.3 Å². The first-order chi connectivity index (χ1) is 7.74. The summed E-state index contributed by atoms with van der Waals surface area (Å²) in [5.74, 6) is 0.874. The van der Waals surface area contributed by atoms with E-state index in [0.29, 0.717) is 13.2 Å². The smallest absolute Gasteiger partial charge is 0.119 e. The summed E-state index contributed by atoms with van der Waals surface area (Å²) in [6, 6.07) is 9.84. The Morgan fingerprint density at radius 1 is 1.19 bits per heavy atom. The first kappa shape index (κ1) is 13.0. The molecular formula is C13H21NO2. The standard InChI is InChI=1S/C13H21NO2/c1-3-13(14)11(2)15-9-10-16-12-7-5-4-6-8-12/h4-8,11,13H,3,9-10,14H2,1-2H3. The first-order valence-electron chi connectivity index (χ1n) is 5.79. The fourth-order valence-corrected chi connectivity index (χ4v) is 1.37. The number of hydrogen-bond donors (Lipinski definition) is 1. The molecule has 3 heteroatoms. The molecule has 2 atom stereocenters. The fourth-order valence-electron chi connectivity index (χ4n) is 1.37. The number of para-hydroxylation sites is 1. The van der Waals surface area contributed by atoms with E-state index < -0.39 is 0 Å². The summed E-state index contributed by atoms with van der Waals surface area (Å²) in [4.78, 5) is 0. The SMILES string of the molecule is CCC(N)C(C)OCCOc1ccccc1. The normalized spacial score (nSPS) is 14.4. The summed E-state index contributed by atoms with van der Waals surface area (Å²) < 4.78 is 11.1. The predicted octanol–water partition coefficient (Wildman–Crippen LogP) is 2.21. The molecule has 3 nitrogen and oxygen atoms in total. The van der Waals surface area contributed by atoms with Crippen LogP contribution in [0.3, 0.4) is 0 Å². The van der Waals surface area contributed by atoms with E-state index in [-0.39, 0.29) is 12.1 Å². The van der Waals surface area contributed by atoms with Gasteiger partial charge in [0.05, 0.1) is 12.7 Å². The van der Waals surface area contributed by atoms with Gasteiger partial charge in [-0.3, -0.25) is 0 Å². The van der Waals surface area contributed by atoms with E-state index in [0.717, 1.165) is 12.2 Å². The maximum atomic E-state index is 5.84. The van der Waals surface area contributed by atoms with Crippen LogP contribution in [0, 0.1) is 0 Å². The highest BCUT2D eigenvalue weighted by Gasteiger charge is 2.10. The van der Waals surface area contributed by atoms with Gasteiger partial charge in [0.2, 0.25) is 0 Å². The molecule has 90 valence electrons. The number of ether oxygens (including phenoxy) is 2. The molecule has 0 radical (unpaired) electrons. The molecule has 1 aromatic rings. The molecule has 0 spiro atoms. The third-order valence-corrected chi connectivity index (χ3v) is 2.55. The van der Waals surface area contributed by atoms with Gasteiger partial charge in [-0.05, 0) is 25.5 Å². The maximum Gasteiger partial charge on any atom is 0.119 e. The third kappa shape index (κ3) is 4.64. The average molecular weight is 223 g/mol. The van der Waals surface area contributed by atoms with E-state index >= 15 is 0 Å². The van der Waals surface area contributed by atoms with Crippen LogP contribution in [0.2, 0.25) is 0 Å². The Morgan fingerprint density at radius 2 is 1.88 bits per heavy atom. The van der Waals surface area contributed by atoms with Crippen molar-refractivity contribution in [3.63, 3.8) is 0 Å². The van der Waals surface area contributed by atoms with E-state index in [1.807, 2.05) is 37.3 Å². The molecule has 0 saturated carbocycles. The molecule has 0 aliphatic carbocycles. The molecule has 0 aromatic heterocycles. The van der Waals surface area contributed by atoms with Gasteiger partial charge >= 0.3 is 0 Å². The maximum absolute atomic E-state index is 5.84. The second-order valence-electron chi connectivity index (χ2n) is 3.81. The third-order valence-electron chi connectivity index (χ3n) is 2.55. The van der Waals surface area contributed by atoms with Gasteiger partial charge in [0.1, 0.15) is 12.4 Å². The van der Waals surface area contributed by atoms with Gasteiger partial charge in [-0.1, -0.05) is 25.1 Å². The monoisotopic (exact) mass is 223 g/mol. The minimum atomic E-state index is 0.0874. The number of rotatable bonds is 7. The Kier molecular flexibility index (Phi) is 5.90. The minimum absolute atomic E-state index is 0.0874. The van der Waals surface area contributed by atoms with Crippen LogP contribution in [0.15, 0.2) is 30.3 Å². The molecule has 1 rings (SSSR count). The van der Waals surface area contributed by atoms with Crippen molar-refractivity contribution in [2.45, 2.75) is 32.4 Å². The van der Waals surface area contributed by atoms with E-state index in [1.54, 1.807) is 0 Å². The van der Waals surface area contributed by atoms with Gasteiger partial charge in [-0.15, -0.1) is 0 Å². The van der Waals surface area contributed by atoms with E-state index in [2.05, 4.69) is 6.92 Å². The van der Waals surface area contributed by atoms with E-state index in [9.17, 15) is 0 Å². The second kappa shape index (κ2) is 7.25. The summed E-state index contributed by atoms with van der Waals surface area (Å²) in [6.07, 6.45) is 1.02. The van der Waals surface area contributed by atoms with Crippen LogP contribution in [-0.4, -0.2) is 25.4 Å². The topological polar surface area (TPSA) is 44.5 Å². The van der Waals surface area contributed by atoms with Crippen molar-refractivity contribution < 1.29 is 9.47 Å². The summed E-state index contributed by atoms with van der Waals surface area (Å²) >= 11 is 0. The molecule has 0 heterocycles. The number of hydrogen-bond acceptors (Lipinski definition) is 3. The van der Waals surface area contributed by atoms with Crippen LogP contribution >= 0.6 is 0 Å². The molecule has 16 heavy (non-hydrogen) atoms. The molecule has 0 aliphatic heterocycles. The number of benzene rings is 1. The zero-order chi connectivity index (χ0) is 11.8. The van der Waals surface area contributed by atoms with Crippen molar-refractivity contribution in [3.05, 3.63) is 30.3 Å².